The van der Waals surface area contributed by atoms with Gasteiger partial charge in [-0.3, -0.25) is 9.59 Å². The third kappa shape index (κ3) is 11.8. The number of carbonyl (C=O) groups excluding carboxylic acids is 2. The maximum Gasteiger partial charge on any atom is 0.260 e. The Morgan fingerprint density at radius 1 is 0.550 bits per heavy atom. The minimum atomic E-state index is -0.238. The van der Waals surface area contributed by atoms with Crippen molar-refractivity contribution < 1.29 is 52.2 Å². The Hall–Kier alpha value is -2.68. The zero-order chi connectivity index (χ0) is 28.3. The smallest absolute Gasteiger partial charge is 0.260 e. The average molecular weight is 571 g/mol. The van der Waals surface area contributed by atoms with Gasteiger partial charge in [0.1, 0.15) is 0 Å². The molecule has 0 aliphatic carbocycles. The number of ether oxygens (including phenoxy) is 9. The molecule has 0 fully saturated rings. The quantitative estimate of drug-likeness (QED) is 0.461. The van der Waals surface area contributed by atoms with Gasteiger partial charge >= 0.3 is 0 Å². The molecule has 0 atom stereocenters. The molecule has 2 aliphatic rings. The summed E-state index contributed by atoms with van der Waals surface area (Å²) in [4.78, 5) is 29.4. The van der Waals surface area contributed by atoms with Crippen LogP contribution < -0.4 is 14.2 Å². The number of benzene rings is 1. The van der Waals surface area contributed by atoms with Gasteiger partial charge in [-0.2, -0.15) is 0 Å². The lowest BCUT2D eigenvalue weighted by Gasteiger charge is -2.24. The number of nitrogens with zero attached hydrogens (tertiary/aromatic N) is 2. The standard InChI is InChI=1S/C27H42N2O11/c1-32-27-23-3-2-4-24(27)40-22-26(31)29-7-11-35-15-19-37-17-13-33-9-5-28(25(30)21-39-23)6-10-34-14-18-38-20-16-36-12-8-29/h2-4H,5-22H2,1H3. The molecule has 13 nitrogen and oxygen atoms in total. The van der Waals surface area contributed by atoms with Crippen LogP contribution in [0.25, 0.3) is 0 Å². The van der Waals surface area contributed by atoms with Crippen molar-refractivity contribution in [3.8, 4) is 17.2 Å². The predicted octanol–water partition coefficient (Wildman–Crippen LogP) is 0.237. The monoisotopic (exact) mass is 570 g/mol. The van der Waals surface area contributed by atoms with Crippen LogP contribution in [-0.4, -0.2) is 147 Å². The molecule has 0 saturated heterocycles. The lowest BCUT2D eigenvalue weighted by Crippen LogP contribution is -2.40. The van der Waals surface area contributed by atoms with Crippen molar-refractivity contribution in [1.82, 2.24) is 9.80 Å². The Labute approximate surface area is 235 Å². The summed E-state index contributed by atoms with van der Waals surface area (Å²) in [7, 11) is 1.47. The van der Waals surface area contributed by atoms with Gasteiger partial charge in [0, 0.05) is 26.2 Å². The summed E-state index contributed by atoms with van der Waals surface area (Å²) in [5, 5.41) is 0. The number of hydrogen-bond acceptors (Lipinski definition) is 11. The van der Waals surface area contributed by atoms with Crippen molar-refractivity contribution in [1.29, 1.82) is 0 Å². The molecule has 0 N–H and O–H groups in total. The average Bonchev–Trinajstić information content (AvgIpc) is 2.96. The first-order valence-electron chi connectivity index (χ1n) is 13.6. The van der Waals surface area contributed by atoms with Crippen LogP contribution in [0.1, 0.15) is 0 Å². The van der Waals surface area contributed by atoms with E-state index in [4.69, 9.17) is 42.6 Å². The summed E-state index contributed by atoms with van der Waals surface area (Å²) in [6.45, 7) is 5.51. The second kappa shape index (κ2) is 19.4. The molecule has 0 aromatic heterocycles. The maximum absolute atomic E-state index is 13.1. The molecule has 226 valence electrons. The van der Waals surface area contributed by atoms with E-state index < -0.39 is 0 Å². The van der Waals surface area contributed by atoms with Crippen LogP contribution in [0.15, 0.2) is 18.2 Å². The van der Waals surface area contributed by atoms with E-state index in [0.717, 1.165) is 0 Å². The number of rotatable bonds is 1. The number of amides is 2. The zero-order valence-electron chi connectivity index (χ0n) is 23.3. The normalized spacial score (nSPS) is 21.1. The highest BCUT2D eigenvalue weighted by Gasteiger charge is 2.20. The summed E-state index contributed by atoms with van der Waals surface area (Å²) in [6.07, 6.45) is 0. The van der Waals surface area contributed by atoms with Gasteiger partial charge in [-0.1, -0.05) is 6.07 Å². The highest BCUT2D eigenvalue weighted by molar-refractivity contribution is 5.78. The Balaban J connectivity index is 1.79. The number of carbonyl (C=O) groups is 2. The van der Waals surface area contributed by atoms with Crippen molar-refractivity contribution >= 4 is 11.8 Å². The molecule has 2 aliphatic heterocycles. The van der Waals surface area contributed by atoms with Gasteiger partial charge in [0.15, 0.2) is 24.7 Å². The summed E-state index contributed by atoms with van der Waals surface area (Å²) in [6, 6.07) is 5.06. The zero-order valence-corrected chi connectivity index (χ0v) is 23.3. The first-order chi connectivity index (χ1) is 19.7. The van der Waals surface area contributed by atoms with Gasteiger partial charge in [-0.05, 0) is 12.1 Å². The molecule has 1 aromatic carbocycles. The molecule has 13 heteroatoms. The van der Waals surface area contributed by atoms with Crippen LogP contribution in [0.5, 0.6) is 17.2 Å². The number of hydrogen-bond donors (Lipinski definition) is 0. The Bertz CT molecular complexity index is 785. The third-order valence-corrected chi connectivity index (χ3v) is 6.06. The Morgan fingerprint density at radius 2 is 0.875 bits per heavy atom. The first kappa shape index (κ1) is 31.8. The predicted molar refractivity (Wildman–Crippen MR) is 142 cm³/mol. The minimum Gasteiger partial charge on any atom is -0.490 e. The summed E-state index contributed by atoms with van der Waals surface area (Å²) in [5.74, 6) is 0.467. The fourth-order valence-electron chi connectivity index (χ4n) is 3.89. The Morgan fingerprint density at radius 3 is 1.20 bits per heavy atom. The topological polar surface area (TPSA) is 124 Å². The number of fused-ring (bicyclic) bond motifs is 6. The van der Waals surface area contributed by atoms with Crippen LogP contribution in [0.3, 0.4) is 0 Å². The molecule has 0 spiro atoms. The molecule has 4 bridgehead atoms. The van der Waals surface area contributed by atoms with E-state index in [1.54, 1.807) is 28.0 Å². The lowest BCUT2D eigenvalue weighted by atomic mass is 10.3. The maximum atomic E-state index is 13.1. The first-order valence-corrected chi connectivity index (χ1v) is 13.6. The van der Waals surface area contributed by atoms with Crippen LogP contribution in [0.2, 0.25) is 0 Å². The van der Waals surface area contributed by atoms with Gasteiger partial charge in [0.2, 0.25) is 5.75 Å². The third-order valence-electron chi connectivity index (χ3n) is 6.06. The Kier molecular flexibility index (Phi) is 15.4. The second-order valence-corrected chi connectivity index (χ2v) is 8.80. The van der Waals surface area contributed by atoms with E-state index in [2.05, 4.69) is 0 Å². The fourth-order valence-corrected chi connectivity index (χ4v) is 3.89. The van der Waals surface area contributed by atoms with E-state index >= 15 is 0 Å². The van der Waals surface area contributed by atoms with E-state index in [0.29, 0.717) is 123 Å². The van der Waals surface area contributed by atoms with Crippen molar-refractivity contribution in [3.05, 3.63) is 18.2 Å². The van der Waals surface area contributed by atoms with Gasteiger partial charge in [0.25, 0.3) is 11.8 Å². The minimum absolute atomic E-state index is 0.223. The highest BCUT2D eigenvalue weighted by atomic mass is 16.6. The molecule has 2 amide bonds. The van der Waals surface area contributed by atoms with Gasteiger partial charge in [0.05, 0.1) is 86.4 Å². The second-order valence-electron chi connectivity index (χ2n) is 8.80. The highest BCUT2D eigenvalue weighted by Crippen LogP contribution is 2.37. The van der Waals surface area contributed by atoms with E-state index in [9.17, 15) is 9.59 Å². The van der Waals surface area contributed by atoms with Gasteiger partial charge in [-0.25, -0.2) is 0 Å². The van der Waals surface area contributed by atoms with E-state index in [1.807, 2.05) is 0 Å². The lowest BCUT2D eigenvalue weighted by molar-refractivity contribution is -0.135. The summed E-state index contributed by atoms with van der Waals surface area (Å²) < 4.78 is 50.9. The summed E-state index contributed by atoms with van der Waals surface area (Å²) in [5.41, 5.74) is 0. The van der Waals surface area contributed by atoms with Crippen LogP contribution in [0, 0.1) is 0 Å². The number of para-hydroxylation sites is 1. The molecular formula is C27H42N2O11. The molecule has 40 heavy (non-hydrogen) atoms. The van der Waals surface area contributed by atoms with Crippen LogP contribution in [-0.2, 0) is 38.0 Å². The summed E-state index contributed by atoms with van der Waals surface area (Å²) >= 11 is 0. The van der Waals surface area contributed by atoms with Crippen molar-refractivity contribution in [2.24, 2.45) is 0 Å². The van der Waals surface area contributed by atoms with E-state index in [-0.39, 0.29) is 25.0 Å². The molecule has 0 unspecified atom stereocenters. The van der Waals surface area contributed by atoms with Crippen LogP contribution in [0.4, 0.5) is 0 Å². The van der Waals surface area contributed by atoms with E-state index in [1.165, 1.54) is 7.11 Å². The van der Waals surface area contributed by atoms with Gasteiger partial charge < -0.3 is 52.4 Å². The fraction of sp³-hybridized carbons (Fsp3) is 0.704. The van der Waals surface area contributed by atoms with Crippen molar-refractivity contribution in [2.75, 3.05) is 126 Å². The number of methoxy groups -OCH3 is 1. The molecule has 0 saturated carbocycles. The SMILES string of the molecule is COc1c2cccc1OCC(=O)N1CCOCCOCCOCCN(CCOCCOCCOCC1)C(=O)CO2. The largest absolute Gasteiger partial charge is 0.490 e. The molecule has 3 rings (SSSR count). The van der Waals surface area contributed by atoms with Crippen molar-refractivity contribution in [2.45, 2.75) is 0 Å². The van der Waals surface area contributed by atoms with Gasteiger partial charge in [-0.15, -0.1) is 0 Å². The molecule has 0 radical (unpaired) electrons. The van der Waals surface area contributed by atoms with Crippen molar-refractivity contribution in [3.63, 3.8) is 0 Å². The van der Waals surface area contributed by atoms with Crippen LogP contribution >= 0.6 is 0 Å². The molecule has 2 heterocycles. The molecule has 1 aromatic rings. The molecular weight excluding hydrogens is 528 g/mol.